The summed E-state index contributed by atoms with van der Waals surface area (Å²) in [4.78, 5) is 0. The van der Waals surface area contributed by atoms with Crippen molar-refractivity contribution in [3.8, 4) is 0 Å². The molecule has 1 aromatic rings. The average Bonchev–Trinajstić information content (AvgIpc) is 2.23. The molecule has 0 unspecified atom stereocenters. The van der Waals surface area contributed by atoms with Gasteiger partial charge in [0.15, 0.2) is 0 Å². The second-order valence-electron chi connectivity index (χ2n) is 3.94. The van der Waals surface area contributed by atoms with Crippen molar-refractivity contribution in [1.29, 1.82) is 0 Å². The standard InChI is InChI=1S/C12H15N3/c1-8-3-4-10(7-9(8)2)11-5-6-12(13)15-14-11/h3-4,7H,5-6H2,1-2H3,(H2,13,15). The lowest BCUT2D eigenvalue weighted by atomic mass is 10.00. The molecule has 0 fully saturated rings. The molecule has 15 heavy (non-hydrogen) atoms. The first-order chi connectivity index (χ1) is 7.16. The zero-order valence-electron chi connectivity index (χ0n) is 9.12. The summed E-state index contributed by atoms with van der Waals surface area (Å²) in [5.41, 5.74) is 10.4. The van der Waals surface area contributed by atoms with E-state index in [2.05, 4.69) is 42.2 Å². The Labute approximate surface area is 89.7 Å². The highest BCUT2D eigenvalue weighted by Gasteiger charge is 2.09. The summed E-state index contributed by atoms with van der Waals surface area (Å²) in [6, 6.07) is 6.37. The lowest BCUT2D eigenvalue weighted by molar-refractivity contribution is 1.02. The fourth-order valence-electron chi connectivity index (χ4n) is 1.59. The first-order valence-corrected chi connectivity index (χ1v) is 5.13. The number of hydrogen-bond donors (Lipinski definition) is 1. The summed E-state index contributed by atoms with van der Waals surface area (Å²) in [6.45, 7) is 4.22. The largest absolute Gasteiger partial charge is 0.386 e. The Hall–Kier alpha value is -1.64. The van der Waals surface area contributed by atoms with Crippen LogP contribution in [0.25, 0.3) is 0 Å². The van der Waals surface area contributed by atoms with Gasteiger partial charge >= 0.3 is 0 Å². The van der Waals surface area contributed by atoms with Crippen molar-refractivity contribution in [1.82, 2.24) is 0 Å². The van der Waals surface area contributed by atoms with E-state index < -0.39 is 0 Å². The molecule has 3 nitrogen and oxygen atoms in total. The first kappa shape index (κ1) is 9.90. The van der Waals surface area contributed by atoms with Crippen LogP contribution in [0.1, 0.15) is 29.5 Å². The molecule has 1 heterocycles. The van der Waals surface area contributed by atoms with Gasteiger partial charge in [-0.05, 0) is 43.0 Å². The van der Waals surface area contributed by atoms with Gasteiger partial charge < -0.3 is 5.73 Å². The molecule has 0 amide bonds. The Balaban J connectivity index is 2.35. The lowest BCUT2D eigenvalue weighted by Crippen LogP contribution is -2.17. The van der Waals surface area contributed by atoms with Crippen molar-refractivity contribution >= 4 is 11.5 Å². The predicted octanol–water partition coefficient (Wildman–Crippen LogP) is 2.16. The fraction of sp³-hybridized carbons (Fsp3) is 0.333. The van der Waals surface area contributed by atoms with Crippen molar-refractivity contribution in [2.24, 2.45) is 15.9 Å². The normalized spacial score (nSPS) is 15.9. The second kappa shape index (κ2) is 3.85. The number of rotatable bonds is 1. The van der Waals surface area contributed by atoms with Gasteiger partial charge in [0, 0.05) is 6.42 Å². The first-order valence-electron chi connectivity index (χ1n) is 5.13. The van der Waals surface area contributed by atoms with Crippen molar-refractivity contribution < 1.29 is 0 Å². The van der Waals surface area contributed by atoms with E-state index >= 15 is 0 Å². The Bertz CT molecular complexity index is 444. The van der Waals surface area contributed by atoms with Crippen LogP contribution in [-0.2, 0) is 0 Å². The van der Waals surface area contributed by atoms with Gasteiger partial charge in [0.05, 0.1) is 5.71 Å². The van der Waals surface area contributed by atoms with Gasteiger partial charge in [-0.25, -0.2) is 0 Å². The highest BCUT2D eigenvalue weighted by Crippen LogP contribution is 2.15. The molecular weight excluding hydrogens is 186 g/mol. The number of nitrogens with zero attached hydrogens (tertiary/aromatic N) is 2. The third-order valence-electron chi connectivity index (χ3n) is 2.76. The zero-order valence-corrected chi connectivity index (χ0v) is 9.12. The minimum absolute atomic E-state index is 0.627. The predicted molar refractivity (Wildman–Crippen MR) is 63.3 cm³/mol. The summed E-state index contributed by atoms with van der Waals surface area (Å²) in [5.74, 6) is 0.627. The van der Waals surface area contributed by atoms with Crippen LogP contribution in [-0.4, -0.2) is 11.5 Å². The van der Waals surface area contributed by atoms with Gasteiger partial charge in [0.25, 0.3) is 0 Å². The van der Waals surface area contributed by atoms with Crippen LogP contribution in [0.5, 0.6) is 0 Å². The maximum atomic E-state index is 5.57. The monoisotopic (exact) mass is 201 g/mol. The van der Waals surface area contributed by atoms with Crippen LogP contribution in [0.2, 0.25) is 0 Å². The maximum absolute atomic E-state index is 5.57. The molecule has 1 aromatic carbocycles. The van der Waals surface area contributed by atoms with Gasteiger partial charge in [-0.15, -0.1) is 5.10 Å². The van der Waals surface area contributed by atoms with Crippen LogP contribution < -0.4 is 5.73 Å². The topological polar surface area (TPSA) is 50.7 Å². The van der Waals surface area contributed by atoms with Gasteiger partial charge in [-0.2, -0.15) is 5.10 Å². The van der Waals surface area contributed by atoms with Gasteiger partial charge in [-0.1, -0.05) is 12.1 Å². The van der Waals surface area contributed by atoms with Crippen molar-refractivity contribution in [2.75, 3.05) is 0 Å². The van der Waals surface area contributed by atoms with Crippen molar-refractivity contribution in [3.63, 3.8) is 0 Å². The van der Waals surface area contributed by atoms with E-state index in [4.69, 9.17) is 5.73 Å². The average molecular weight is 201 g/mol. The van der Waals surface area contributed by atoms with Crippen LogP contribution in [0, 0.1) is 13.8 Å². The number of benzene rings is 1. The van der Waals surface area contributed by atoms with E-state index in [0.717, 1.165) is 24.1 Å². The SMILES string of the molecule is Cc1ccc(C2=NN=C(N)CC2)cc1C. The number of hydrogen-bond acceptors (Lipinski definition) is 3. The Morgan fingerprint density at radius 3 is 2.47 bits per heavy atom. The van der Waals surface area contributed by atoms with E-state index in [1.165, 1.54) is 11.1 Å². The molecule has 0 atom stereocenters. The summed E-state index contributed by atoms with van der Waals surface area (Å²) in [5, 5.41) is 8.05. The smallest absolute Gasteiger partial charge is 0.122 e. The summed E-state index contributed by atoms with van der Waals surface area (Å²) < 4.78 is 0. The van der Waals surface area contributed by atoms with Crippen LogP contribution in [0.3, 0.4) is 0 Å². The lowest BCUT2D eigenvalue weighted by Gasteiger charge is -2.10. The second-order valence-corrected chi connectivity index (χ2v) is 3.94. The highest BCUT2D eigenvalue weighted by atomic mass is 15.2. The van der Waals surface area contributed by atoms with E-state index in [0.29, 0.717) is 5.84 Å². The quantitative estimate of drug-likeness (QED) is 0.743. The Kier molecular flexibility index (Phi) is 2.54. The molecule has 2 N–H and O–H groups in total. The molecule has 78 valence electrons. The molecule has 0 aliphatic carbocycles. The number of nitrogens with two attached hydrogens (primary N) is 1. The van der Waals surface area contributed by atoms with E-state index in [1.54, 1.807) is 0 Å². The van der Waals surface area contributed by atoms with E-state index in [1.807, 2.05) is 0 Å². The van der Waals surface area contributed by atoms with Crippen LogP contribution in [0.4, 0.5) is 0 Å². The number of amidine groups is 1. The highest BCUT2D eigenvalue weighted by molar-refractivity contribution is 6.04. The van der Waals surface area contributed by atoms with Crippen molar-refractivity contribution in [3.05, 3.63) is 34.9 Å². The van der Waals surface area contributed by atoms with Gasteiger partial charge in [-0.3, -0.25) is 0 Å². The zero-order chi connectivity index (χ0) is 10.8. The molecule has 2 rings (SSSR count). The molecule has 0 bridgehead atoms. The fourth-order valence-corrected chi connectivity index (χ4v) is 1.59. The molecule has 0 spiro atoms. The van der Waals surface area contributed by atoms with Gasteiger partial charge in [0.2, 0.25) is 0 Å². The molecular formula is C12H15N3. The molecule has 1 aliphatic rings. The minimum Gasteiger partial charge on any atom is -0.386 e. The maximum Gasteiger partial charge on any atom is 0.122 e. The Morgan fingerprint density at radius 2 is 1.87 bits per heavy atom. The van der Waals surface area contributed by atoms with Crippen LogP contribution in [0.15, 0.2) is 28.4 Å². The molecule has 0 aromatic heterocycles. The summed E-state index contributed by atoms with van der Waals surface area (Å²) >= 11 is 0. The molecule has 1 aliphatic heterocycles. The molecule has 3 heteroatoms. The summed E-state index contributed by atoms with van der Waals surface area (Å²) in [7, 11) is 0. The van der Waals surface area contributed by atoms with E-state index in [-0.39, 0.29) is 0 Å². The van der Waals surface area contributed by atoms with Crippen LogP contribution >= 0.6 is 0 Å². The molecule has 0 radical (unpaired) electrons. The summed E-state index contributed by atoms with van der Waals surface area (Å²) in [6.07, 6.45) is 1.70. The third kappa shape index (κ3) is 2.06. The molecule has 0 saturated heterocycles. The van der Waals surface area contributed by atoms with Gasteiger partial charge in [0.1, 0.15) is 5.84 Å². The third-order valence-corrected chi connectivity index (χ3v) is 2.76. The van der Waals surface area contributed by atoms with E-state index in [9.17, 15) is 0 Å². The molecule has 0 saturated carbocycles. The number of aryl methyl sites for hydroxylation is 2. The minimum atomic E-state index is 0.627. The van der Waals surface area contributed by atoms with Crippen molar-refractivity contribution in [2.45, 2.75) is 26.7 Å². The Morgan fingerprint density at radius 1 is 1.07 bits per heavy atom.